The maximum Gasteiger partial charge on any atom is 0.0951 e. The van der Waals surface area contributed by atoms with Crippen LogP contribution in [0.15, 0.2) is 12.5 Å². The van der Waals surface area contributed by atoms with E-state index in [4.69, 9.17) is 4.74 Å². The molecule has 0 aromatic carbocycles. The predicted molar refractivity (Wildman–Crippen MR) is 67.9 cm³/mol. The molecule has 4 heteroatoms. The number of aromatic nitrogens is 2. The molecule has 0 aliphatic carbocycles. The molecule has 4 nitrogen and oxygen atoms in total. The summed E-state index contributed by atoms with van der Waals surface area (Å²) in [5.74, 6) is 0.777. The van der Waals surface area contributed by atoms with Gasteiger partial charge in [0.05, 0.1) is 12.0 Å². The fourth-order valence-electron chi connectivity index (χ4n) is 2.29. The second-order valence-electron chi connectivity index (χ2n) is 5.07. The fraction of sp³-hybridized carbons (Fsp3) is 0.769. The Hall–Kier alpha value is -0.870. The van der Waals surface area contributed by atoms with Gasteiger partial charge in [-0.15, -0.1) is 0 Å². The van der Waals surface area contributed by atoms with Crippen molar-refractivity contribution in [2.24, 2.45) is 5.92 Å². The molecule has 1 aliphatic heterocycles. The molecule has 0 spiro atoms. The summed E-state index contributed by atoms with van der Waals surface area (Å²) in [6, 6.07) is 0.484. The lowest BCUT2D eigenvalue weighted by Crippen LogP contribution is -2.28. The van der Waals surface area contributed by atoms with E-state index in [2.05, 4.69) is 28.7 Å². The topological polar surface area (TPSA) is 39.1 Å². The summed E-state index contributed by atoms with van der Waals surface area (Å²) in [7, 11) is 0. The van der Waals surface area contributed by atoms with Gasteiger partial charge in [0.15, 0.2) is 0 Å². The van der Waals surface area contributed by atoms with E-state index in [9.17, 15) is 0 Å². The maximum atomic E-state index is 5.36. The van der Waals surface area contributed by atoms with Crippen molar-refractivity contribution in [2.75, 3.05) is 19.8 Å². The number of nitrogens with one attached hydrogen (secondary N) is 1. The maximum absolute atomic E-state index is 5.36. The van der Waals surface area contributed by atoms with Gasteiger partial charge in [0, 0.05) is 32.0 Å². The van der Waals surface area contributed by atoms with Gasteiger partial charge in [0.1, 0.15) is 0 Å². The minimum absolute atomic E-state index is 0.484. The summed E-state index contributed by atoms with van der Waals surface area (Å²) in [5, 5.41) is 3.54. The third-order valence-electron chi connectivity index (χ3n) is 3.38. The SMILES string of the molecule is CC(C)n1cncc1CNCC1CCOCC1. The Morgan fingerprint density at radius 1 is 1.47 bits per heavy atom. The first-order chi connectivity index (χ1) is 8.27. The standard InChI is InChI=1S/C13H23N3O/c1-11(2)16-10-15-9-13(16)8-14-7-12-3-5-17-6-4-12/h9-12,14H,3-8H2,1-2H3. The lowest BCUT2D eigenvalue weighted by atomic mass is 10.0. The van der Waals surface area contributed by atoms with Crippen LogP contribution in [-0.2, 0) is 11.3 Å². The zero-order valence-corrected chi connectivity index (χ0v) is 10.9. The van der Waals surface area contributed by atoms with Gasteiger partial charge in [-0.25, -0.2) is 4.98 Å². The number of rotatable bonds is 5. The van der Waals surface area contributed by atoms with Crippen molar-refractivity contribution in [2.45, 2.75) is 39.3 Å². The molecule has 1 fully saturated rings. The van der Waals surface area contributed by atoms with Crippen LogP contribution in [0.5, 0.6) is 0 Å². The average Bonchev–Trinajstić information content (AvgIpc) is 2.79. The molecule has 2 rings (SSSR count). The van der Waals surface area contributed by atoms with Crippen LogP contribution in [0.3, 0.4) is 0 Å². The summed E-state index contributed by atoms with van der Waals surface area (Å²) in [5.41, 5.74) is 1.27. The lowest BCUT2D eigenvalue weighted by molar-refractivity contribution is 0.0662. The Morgan fingerprint density at radius 3 is 2.94 bits per heavy atom. The molecule has 0 radical (unpaired) electrons. The smallest absolute Gasteiger partial charge is 0.0951 e. The van der Waals surface area contributed by atoms with Crippen LogP contribution in [0.25, 0.3) is 0 Å². The van der Waals surface area contributed by atoms with Gasteiger partial charge in [0.2, 0.25) is 0 Å². The van der Waals surface area contributed by atoms with Crippen molar-refractivity contribution in [1.29, 1.82) is 0 Å². The van der Waals surface area contributed by atoms with Gasteiger partial charge in [-0.05, 0) is 39.2 Å². The number of imidazole rings is 1. The lowest BCUT2D eigenvalue weighted by Gasteiger charge is -2.22. The van der Waals surface area contributed by atoms with Crippen molar-refractivity contribution in [3.8, 4) is 0 Å². The molecule has 0 unspecified atom stereocenters. The third kappa shape index (κ3) is 3.54. The highest BCUT2D eigenvalue weighted by molar-refractivity contribution is 4.99. The Morgan fingerprint density at radius 2 is 2.24 bits per heavy atom. The fourth-order valence-corrected chi connectivity index (χ4v) is 2.29. The first-order valence-electron chi connectivity index (χ1n) is 6.56. The molecule has 0 amide bonds. The minimum atomic E-state index is 0.484. The first kappa shape index (κ1) is 12.6. The summed E-state index contributed by atoms with van der Waals surface area (Å²) < 4.78 is 7.58. The molecule has 1 N–H and O–H groups in total. The molecule has 1 aliphatic rings. The van der Waals surface area contributed by atoms with Crippen LogP contribution in [0.1, 0.15) is 38.4 Å². The van der Waals surface area contributed by atoms with Crippen LogP contribution in [0, 0.1) is 5.92 Å². The Bertz CT molecular complexity index is 329. The van der Waals surface area contributed by atoms with E-state index in [1.54, 1.807) is 0 Å². The van der Waals surface area contributed by atoms with Crippen molar-refractivity contribution in [3.05, 3.63) is 18.2 Å². The number of hydrogen-bond acceptors (Lipinski definition) is 3. The average molecular weight is 237 g/mol. The highest BCUT2D eigenvalue weighted by Crippen LogP contribution is 2.14. The van der Waals surface area contributed by atoms with E-state index in [1.807, 2.05) is 12.5 Å². The van der Waals surface area contributed by atoms with Crippen molar-refractivity contribution < 1.29 is 4.74 Å². The largest absolute Gasteiger partial charge is 0.381 e. The molecule has 1 aromatic rings. The van der Waals surface area contributed by atoms with Crippen molar-refractivity contribution in [1.82, 2.24) is 14.9 Å². The highest BCUT2D eigenvalue weighted by atomic mass is 16.5. The molecule has 1 aromatic heterocycles. The van der Waals surface area contributed by atoms with Gasteiger partial charge >= 0.3 is 0 Å². The molecular weight excluding hydrogens is 214 g/mol. The van der Waals surface area contributed by atoms with E-state index in [0.29, 0.717) is 6.04 Å². The zero-order valence-electron chi connectivity index (χ0n) is 10.9. The Kier molecular flexibility index (Phi) is 4.57. The summed E-state index contributed by atoms with van der Waals surface area (Å²) >= 11 is 0. The second-order valence-corrected chi connectivity index (χ2v) is 5.07. The Labute approximate surface area is 103 Å². The molecule has 1 saturated heterocycles. The summed E-state index contributed by atoms with van der Waals surface area (Å²) in [6.07, 6.45) is 6.25. The normalized spacial score (nSPS) is 17.8. The van der Waals surface area contributed by atoms with E-state index >= 15 is 0 Å². The summed E-state index contributed by atoms with van der Waals surface area (Å²) in [6.45, 7) is 8.22. The minimum Gasteiger partial charge on any atom is -0.381 e. The molecule has 0 atom stereocenters. The summed E-state index contributed by atoms with van der Waals surface area (Å²) in [4.78, 5) is 4.21. The van der Waals surface area contributed by atoms with Crippen LogP contribution in [0.4, 0.5) is 0 Å². The zero-order chi connectivity index (χ0) is 12.1. The highest BCUT2D eigenvalue weighted by Gasteiger charge is 2.13. The van der Waals surface area contributed by atoms with Crippen molar-refractivity contribution >= 4 is 0 Å². The van der Waals surface area contributed by atoms with Crippen LogP contribution < -0.4 is 5.32 Å². The van der Waals surface area contributed by atoms with Crippen LogP contribution >= 0.6 is 0 Å². The second kappa shape index (κ2) is 6.17. The molecule has 0 bridgehead atoms. The van der Waals surface area contributed by atoms with Crippen LogP contribution in [0.2, 0.25) is 0 Å². The van der Waals surface area contributed by atoms with Crippen molar-refractivity contribution in [3.63, 3.8) is 0 Å². The van der Waals surface area contributed by atoms with Crippen LogP contribution in [-0.4, -0.2) is 29.3 Å². The molecule has 2 heterocycles. The van der Waals surface area contributed by atoms with Gasteiger partial charge in [-0.3, -0.25) is 0 Å². The molecule has 0 saturated carbocycles. The number of hydrogen-bond donors (Lipinski definition) is 1. The number of ether oxygens (including phenoxy) is 1. The van der Waals surface area contributed by atoms with E-state index < -0.39 is 0 Å². The van der Waals surface area contributed by atoms with E-state index in [0.717, 1.165) is 32.2 Å². The van der Waals surface area contributed by atoms with Gasteiger partial charge in [-0.2, -0.15) is 0 Å². The van der Waals surface area contributed by atoms with Gasteiger partial charge < -0.3 is 14.6 Å². The molecule has 17 heavy (non-hydrogen) atoms. The predicted octanol–water partition coefficient (Wildman–Crippen LogP) is 1.98. The quantitative estimate of drug-likeness (QED) is 0.851. The van der Waals surface area contributed by atoms with Gasteiger partial charge in [-0.1, -0.05) is 0 Å². The Balaban J connectivity index is 1.75. The number of nitrogens with zero attached hydrogens (tertiary/aromatic N) is 2. The molecular formula is C13H23N3O. The first-order valence-corrected chi connectivity index (χ1v) is 6.56. The van der Waals surface area contributed by atoms with E-state index in [-0.39, 0.29) is 0 Å². The monoisotopic (exact) mass is 237 g/mol. The molecule has 96 valence electrons. The van der Waals surface area contributed by atoms with Gasteiger partial charge in [0.25, 0.3) is 0 Å². The van der Waals surface area contributed by atoms with E-state index in [1.165, 1.54) is 18.5 Å². The third-order valence-corrected chi connectivity index (χ3v) is 3.38.